The van der Waals surface area contributed by atoms with Crippen molar-refractivity contribution in [3.63, 3.8) is 0 Å². The molecule has 0 atom stereocenters. The minimum Gasteiger partial charge on any atom is -0.508 e. The second kappa shape index (κ2) is 8.02. The molecule has 6 nitrogen and oxygen atoms in total. The number of phenolic OH excluding ortho intramolecular Hbond substituents is 1. The first kappa shape index (κ1) is 18.5. The molecule has 146 valence electrons. The number of hydrogen-bond acceptors (Lipinski definition) is 4. The number of fused-ring (bicyclic) bond motifs is 1. The number of hydrogen-bond donors (Lipinski definition) is 2. The number of carbonyl (C=O) groups excluding carboxylic acids is 1. The van der Waals surface area contributed by atoms with E-state index in [-0.39, 0.29) is 11.8 Å². The summed E-state index contributed by atoms with van der Waals surface area (Å²) in [5.41, 5.74) is 2.24. The topological polar surface area (TPSA) is 70.4 Å². The summed E-state index contributed by atoms with van der Waals surface area (Å²) in [6, 6.07) is 15.3. The predicted molar refractivity (Wildman–Crippen MR) is 110 cm³/mol. The first-order valence-electron chi connectivity index (χ1n) is 9.83. The molecule has 1 aliphatic heterocycles. The molecular formula is C22H26N4O2. The Bertz CT molecular complexity index is 956. The quantitative estimate of drug-likeness (QED) is 0.715. The van der Waals surface area contributed by atoms with Crippen molar-refractivity contribution in [1.29, 1.82) is 0 Å². The van der Waals surface area contributed by atoms with E-state index in [0.717, 1.165) is 49.8 Å². The lowest BCUT2D eigenvalue weighted by Gasteiger charge is -2.31. The molecule has 1 fully saturated rings. The van der Waals surface area contributed by atoms with Crippen LogP contribution in [-0.4, -0.2) is 45.3 Å². The molecule has 1 saturated heterocycles. The fourth-order valence-electron chi connectivity index (χ4n) is 3.89. The highest BCUT2D eigenvalue weighted by Gasteiger charge is 2.25. The maximum absolute atomic E-state index is 12.7. The Balaban J connectivity index is 1.29. The van der Waals surface area contributed by atoms with E-state index in [4.69, 9.17) is 0 Å². The van der Waals surface area contributed by atoms with Gasteiger partial charge in [-0.05, 0) is 62.2 Å². The number of rotatable bonds is 5. The summed E-state index contributed by atoms with van der Waals surface area (Å²) in [4.78, 5) is 15.1. The van der Waals surface area contributed by atoms with Crippen LogP contribution in [0.25, 0.3) is 10.9 Å². The molecule has 6 heteroatoms. The first-order chi connectivity index (χ1) is 13.6. The molecule has 0 aliphatic carbocycles. The van der Waals surface area contributed by atoms with Gasteiger partial charge in [-0.15, -0.1) is 0 Å². The third-order valence-electron chi connectivity index (χ3n) is 5.61. The second-order valence-electron chi connectivity index (χ2n) is 7.51. The third-order valence-corrected chi connectivity index (χ3v) is 5.61. The van der Waals surface area contributed by atoms with Crippen molar-refractivity contribution >= 4 is 22.6 Å². The summed E-state index contributed by atoms with van der Waals surface area (Å²) in [5, 5.41) is 17.8. The molecule has 1 amide bonds. The van der Waals surface area contributed by atoms with Gasteiger partial charge in [-0.3, -0.25) is 9.48 Å². The van der Waals surface area contributed by atoms with Crippen LogP contribution < -0.4 is 5.32 Å². The number of anilines is 1. The van der Waals surface area contributed by atoms with Crippen LogP contribution >= 0.6 is 0 Å². The molecule has 1 aromatic heterocycles. The Hall–Kier alpha value is -2.86. The molecule has 2 aromatic carbocycles. The number of nitrogens with zero attached hydrogens (tertiary/aromatic N) is 3. The molecule has 1 aliphatic rings. The van der Waals surface area contributed by atoms with E-state index in [1.54, 1.807) is 16.8 Å². The van der Waals surface area contributed by atoms with Crippen molar-refractivity contribution in [2.75, 3.05) is 25.0 Å². The Morgan fingerprint density at radius 1 is 1.14 bits per heavy atom. The van der Waals surface area contributed by atoms with Crippen LogP contribution in [0.3, 0.4) is 0 Å². The van der Waals surface area contributed by atoms with Gasteiger partial charge in [-0.1, -0.05) is 24.3 Å². The number of piperidine rings is 1. The van der Waals surface area contributed by atoms with Crippen LogP contribution in [0, 0.1) is 5.92 Å². The van der Waals surface area contributed by atoms with Gasteiger partial charge in [0.1, 0.15) is 5.75 Å². The van der Waals surface area contributed by atoms with E-state index < -0.39 is 0 Å². The van der Waals surface area contributed by atoms with E-state index in [2.05, 4.69) is 15.3 Å². The lowest BCUT2D eigenvalue weighted by atomic mass is 9.95. The number of benzene rings is 2. The Labute approximate surface area is 164 Å². The Kier molecular flexibility index (Phi) is 5.30. The fraction of sp³-hybridized carbons (Fsp3) is 0.364. The van der Waals surface area contributed by atoms with E-state index in [9.17, 15) is 9.90 Å². The molecule has 0 spiro atoms. The minimum atomic E-state index is 0.0330. The monoisotopic (exact) mass is 378 g/mol. The average Bonchev–Trinajstić information content (AvgIpc) is 3.04. The normalized spacial score (nSPS) is 15.8. The van der Waals surface area contributed by atoms with E-state index in [0.29, 0.717) is 11.6 Å². The molecular weight excluding hydrogens is 352 g/mol. The summed E-state index contributed by atoms with van der Waals surface area (Å²) in [7, 11) is 1.89. The Morgan fingerprint density at radius 3 is 2.61 bits per heavy atom. The molecule has 28 heavy (non-hydrogen) atoms. The summed E-state index contributed by atoms with van der Waals surface area (Å²) < 4.78 is 1.80. The van der Waals surface area contributed by atoms with Gasteiger partial charge in [0.2, 0.25) is 5.91 Å². The molecule has 4 rings (SSSR count). The summed E-state index contributed by atoms with van der Waals surface area (Å²) >= 11 is 0. The van der Waals surface area contributed by atoms with Crippen molar-refractivity contribution in [2.45, 2.75) is 19.3 Å². The maximum Gasteiger partial charge on any atom is 0.228 e. The van der Waals surface area contributed by atoms with E-state index in [1.165, 1.54) is 5.56 Å². The van der Waals surface area contributed by atoms with Crippen LogP contribution in [0.5, 0.6) is 5.75 Å². The van der Waals surface area contributed by atoms with Gasteiger partial charge in [-0.25, -0.2) is 0 Å². The lowest BCUT2D eigenvalue weighted by molar-refractivity contribution is -0.121. The number of aryl methyl sites for hydroxylation is 1. The maximum atomic E-state index is 12.7. The summed E-state index contributed by atoms with van der Waals surface area (Å²) in [5.74, 6) is 1.06. The highest BCUT2D eigenvalue weighted by molar-refractivity contribution is 6.00. The summed E-state index contributed by atoms with van der Waals surface area (Å²) in [6.45, 7) is 2.84. The number of aromatic hydroxyl groups is 1. The third kappa shape index (κ3) is 4.02. The molecule has 3 aromatic rings. The van der Waals surface area contributed by atoms with Gasteiger partial charge in [-0.2, -0.15) is 5.10 Å². The van der Waals surface area contributed by atoms with Crippen molar-refractivity contribution in [3.05, 3.63) is 54.1 Å². The van der Waals surface area contributed by atoms with Crippen molar-refractivity contribution in [2.24, 2.45) is 13.0 Å². The standard InChI is InChI=1S/C22H26N4O2/c1-25-20-5-3-2-4-19(20)21(24-25)23-22(28)17-11-14-26(15-12-17)13-10-16-6-8-18(27)9-7-16/h2-9,17,27H,10-15H2,1H3,(H,23,24,28). The molecule has 2 N–H and O–H groups in total. The van der Waals surface area contributed by atoms with Gasteiger partial charge in [0, 0.05) is 24.9 Å². The van der Waals surface area contributed by atoms with Gasteiger partial charge in [0.25, 0.3) is 0 Å². The number of para-hydroxylation sites is 1. The molecule has 2 heterocycles. The lowest BCUT2D eigenvalue weighted by Crippen LogP contribution is -2.39. The summed E-state index contributed by atoms with van der Waals surface area (Å²) in [6.07, 6.45) is 2.69. The van der Waals surface area contributed by atoms with Gasteiger partial charge >= 0.3 is 0 Å². The zero-order valence-corrected chi connectivity index (χ0v) is 16.1. The number of nitrogens with one attached hydrogen (secondary N) is 1. The van der Waals surface area contributed by atoms with E-state index >= 15 is 0 Å². The zero-order chi connectivity index (χ0) is 19.5. The largest absolute Gasteiger partial charge is 0.508 e. The highest BCUT2D eigenvalue weighted by Crippen LogP contribution is 2.24. The number of amides is 1. The average molecular weight is 378 g/mol. The highest BCUT2D eigenvalue weighted by atomic mass is 16.3. The number of carbonyl (C=O) groups is 1. The Morgan fingerprint density at radius 2 is 1.86 bits per heavy atom. The van der Waals surface area contributed by atoms with Crippen molar-refractivity contribution in [1.82, 2.24) is 14.7 Å². The van der Waals surface area contributed by atoms with Crippen LogP contribution in [0.2, 0.25) is 0 Å². The molecule has 0 bridgehead atoms. The SMILES string of the molecule is Cn1nc(NC(=O)C2CCN(CCc3ccc(O)cc3)CC2)c2ccccc21. The van der Waals surface area contributed by atoms with Gasteiger partial charge in [0.05, 0.1) is 5.52 Å². The second-order valence-corrected chi connectivity index (χ2v) is 7.51. The smallest absolute Gasteiger partial charge is 0.228 e. The van der Waals surface area contributed by atoms with Crippen LogP contribution in [-0.2, 0) is 18.3 Å². The molecule has 0 saturated carbocycles. The van der Waals surface area contributed by atoms with E-state index in [1.807, 2.05) is 43.4 Å². The number of phenols is 1. The fourth-order valence-corrected chi connectivity index (χ4v) is 3.89. The van der Waals surface area contributed by atoms with Crippen LogP contribution in [0.1, 0.15) is 18.4 Å². The molecule has 0 unspecified atom stereocenters. The molecule has 0 radical (unpaired) electrons. The van der Waals surface area contributed by atoms with Gasteiger partial charge < -0.3 is 15.3 Å². The zero-order valence-electron chi connectivity index (χ0n) is 16.1. The minimum absolute atomic E-state index is 0.0330. The van der Waals surface area contributed by atoms with Crippen LogP contribution in [0.4, 0.5) is 5.82 Å². The van der Waals surface area contributed by atoms with Crippen molar-refractivity contribution < 1.29 is 9.90 Å². The number of aromatic nitrogens is 2. The predicted octanol–water partition coefficient (Wildman–Crippen LogP) is 3.17. The first-order valence-corrected chi connectivity index (χ1v) is 9.83. The van der Waals surface area contributed by atoms with Crippen LogP contribution in [0.15, 0.2) is 48.5 Å². The van der Waals surface area contributed by atoms with Crippen molar-refractivity contribution in [3.8, 4) is 5.75 Å². The van der Waals surface area contributed by atoms with Gasteiger partial charge in [0.15, 0.2) is 5.82 Å². The number of likely N-dealkylation sites (tertiary alicyclic amines) is 1.